The number of anilines is 1. The molecule has 0 radical (unpaired) electrons. The van der Waals surface area contributed by atoms with Crippen LogP contribution in [0.15, 0.2) is 10.7 Å². The van der Waals surface area contributed by atoms with E-state index in [1.54, 1.807) is 0 Å². The Morgan fingerprint density at radius 1 is 1.50 bits per heavy atom. The highest BCUT2D eigenvalue weighted by Crippen LogP contribution is 2.10. The van der Waals surface area contributed by atoms with Crippen molar-refractivity contribution in [3.8, 4) is 0 Å². The summed E-state index contributed by atoms with van der Waals surface area (Å²) < 4.78 is 0.810. The molecule has 0 unspecified atom stereocenters. The van der Waals surface area contributed by atoms with E-state index in [0.717, 1.165) is 16.2 Å². The van der Waals surface area contributed by atoms with Gasteiger partial charge in [0.15, 0.2) is 0 Å². The van der Waals surface area contributed by atoms with Gasteiger partial charge in [0, 0.05) is 13.1 Å². The molecular weight excluding hydrogens is 194 g/mol. The third-order valence-electron chi connectivity index (χ3n) is 1.06. The molecule has 1 aromatic heterocycles. The fourth-order valence-corrected chi connectivity index (χ4v) is 1.13. The Morgan fingerprint density at radius 2 is 2.20 bits per heavy atom. The lowest BCUT2D eigenvalue weighted by Crippen LogP contribution is -1.95. The molecule has 1 aromatic rings. The summed E-state index contributed by atoms with van der Waals surface area (Å²) in [5.74, 6) is 1.60. The SMILES string of the molecule is CNc1cc(Br)nc(C)n1. The van der Waals surface area contributed by atoms with Gasteiger partial charge in [0.2, 0.25) is 0 Å². The van der Waals surface area contributed by atoms with E-state index in [1.807, 2.05) is 20.0 Å². The van der Waals surface area contributed by atoms with E-state index in [0.29, 0.717) is 0 Å². The molecule has 0 fully saturated rings. The number of aryl methyl sites for hydroxylation is 1. The molecule has 4 heteroatoms. The molecule has 1 heterocycles. The molecule has 0 bridgehead atoms. The second-order valence-corrected chi connectivity index (χ2v) is 2.69. The maximum atomic E-state index is 4.10. The molecule has 0 aliphatic heterocycles. The van der Waals surface area contributed by atoms with E-state index in [2.05, 4.69) is 31.2 Å². The van der Waals surface area contributed by atoms with Crippen molar-refractivity contribution >= 4 is 21.7 Å². The van der Waals surface area contributed by atoms with E-state index in [9.17, 15) is 0 Å². The minimum absolute atomic E-state index is 0.763. The van der Waals surface area contributed by atoms with Crippen molar-refractivity contribution < 1.29 is 0 Å². The maximum Gasteiger partial charge on any atom is 0.130 e. The zero-order valence-electron chi connectivity index (χ0n) is 5.85. The fourth-order valence-electron chi connectivity index (χ4n) is 0.659. The summed E-state index contributed by atoms with van der Waals surface area (Å²) >= 11 is 3.26. The third kappa shape index (κ3) is 1.67. The van der Waals surface area contributed by atoms with Crippen molar-refractivity contribution in [1.82, 2.24) is 9.97 Å². The standard InChI is InChI=1S/C6H8BrN3/c1-4-9-5(7)3-6(8-2)10-4/h3H,1-2H3,(H,8,9,10). The fraction of sp³-hybridized carbons (Fsp3) is 0.333. The lowest BCUT2D eigenvalue weighted by Gasteiger charge is -1.99. The van der Waals surface area contributed by atoms with Crippen LogP contribution in [0, 0.1) is 6.92 Å². The number of halogens is 1. The predicted octanol–water partition coefficient (Wildman–Crippen LogP) is 1.59. The van der Waals surface area contributed by atoms with Gasteiger partial charge in [0.1, 0.15) is 16.2 Å². The minimum Gasteiger partial charge on any atom is -0.373 e. The molecule has 3 nitrogen and oxygen atoms in total. The van der Waals surface area contributed by atoms with Crippen LogP contribution < -0.4 is 5.32 Å². The van der Waals surface area contributed by atoms with Crippen LogP contribution in [-0.2, 0) is 0 Å². The van der Waals surface area contributed by atoms with Crippen LogP contribution in [0.25, 0.3) is 0 Å². The maximum absolute atomic E-state index is 4.10. The summed E-state index contributed by atoms with van der Waals surface area (Å²) in [6.07, 6.45) is 0. The second kappa shape index (κ2) is 2.96. The summed E-state index contributed by atoms with van der Waals surface area (Å²) in [5.41, 5.74) is 0. The predicted molar refractivity (Wildman–Crippen MR) is 44.0 cm³/mol. The van der Waals surface area contributed by atoms with Gasteiger partial charge in [-0.3, -0.25) is 0 Å². The van der Waals surface area contributed by atoms with E-state index >= 15 is 0 Å². The van der Waals surface area contributed by atoms with Gasteiger partial charge in [-0.25, -0.2) is 9.97 Å². The smallest absolute Gasteiger partial charge is 0.130 e. The van der Waals surface area contributed by atoms with Gasteiger partial charge in [-0.05, 0) is 22.9 Å². The van der Waals surface area contributed by atoms with Gasteiger partial charge in [0.05, 0.1) is 0 Å². The first kappa shape index (κ1) is 7.47. The van der Waals surface area contributed by atoms with Crippen LogP contribution in [0.5, 0.6) is 0 Å². The van der Waals surface area contributed by atoms with Gasteiger partial charge in [0.25, 0.3) is 0 Å². The molecule has 10 heavy (non-hydrogen) atoms. The van der Waals surface area contributed by atoms with Crippen LogP contribution in [0.4, 0.5) is 5.82 Å². The number of nitrogens with zero attached hydrogens (tertiary/aromatic N) is 2. The van der Waals surface area contributed by atoms with E-state index in [4.69, 9.17) is 0 Å². The van der Waals surface area contributed by atoms with E-state index < -0.39 is 0 Å². The first-order chi connectivity index (χ1) is 4.72. The summed E-state index contributed by atoms with van der Waals surface area (Å²) in [7, 11) is 1.83. The van der Waals surface area contributed by atoms with Gasteiger partial charge < -0.3 is 5.32 Å². The quantitative estimate of drug-likeness (QED) is 0.702. The molecule has 1 rings (SSSR count). The lowest BCUT2D eigenvalue weighted by molar-refractivity contribution is 1.03. The van der Waals surface area contributed by atoms with Gasteiger partial charge >= 0.3 is 0 Å². The highest BCUT2D eigenvalue weighted by molar-refractivity contribution is 9.10. The molecule has 0 atom stereocenters. The van der Waals surface area contributed by atoms with Crippen molar-refractivity contribution in [3.05, 3.63) is 16.5 Å². The molecule has 1 N–H and O–H groups in total. The van der Waals surface area contributed by atoms with Crippen LogP contribution in [0.3, 0.4) is 0 Å². The number of aromatic nitrogens is 2. The normalized spacial score (nSPS) is 9.50. The molecule has 0 amide bonds. The molecule has 54 valence electrons. The monoisotopic (exact) mass is 201 g/mol. The Hall–Kier alpha value is -0.640. The molecule has 0 saturated carbocycles. The van der Waals surface area contributed by atoms with E-state index in [1.165, 1.54) is 0 Å². The topological polar surface area (TPSA) is 37.8 Å². The van der Waals surface area contributed by atoms with Crippen LogP contribution >= 0.6 is 15.9 Å². The zero-order chi connectivity index (χ0) is 7.56. The van der Waals surface area contributed by atoms with Crippen molar-refractivity contribution in [2.24, 2.45) is 0 Å². The highest BCUT2D eigenvalue weighted by Gasteiger charge is 1.94. The zero-order valence-corrected chi connectivity index (χ0v) is 7.44. The molecule has 0 aromatic carbocycles. The average molecular weight is 202 g/mol. The van der Waals surface area contributed by atoms with Crippen molar-refractivity contribution in [2.45, 2.75) is 6.92 Å². The first-order valence-corrected chi connectivity index (χ1v) is 3.70. The molecular formula is C6H8BrN3. The first-order valence-electron chi connectivity index (χ1n) is 2.91. The number of nitrogens with one attached hydrogen (secondary N) is 1. The second-order valence-electron chi connectivity index (χ2n) is 1.87. The molecule has 0 aliphatic carbocycles. The summed E-state index contributed by atoms with van der Waals surface area (Å²) in [5, 5.41) is 2.93. The highest BCUT2D eigenvalue weighted by atomic mass is 79.9. The van der Waals surface area contributed by atoms with Crippen LogP contribution in [0.2, 0.25) is 0 Å². The largest absolute Gasteiger partial charge is 0.373 e. The van der Waals surface area contributed by atoms with Crippen LogP contribution in [0.1, 0.15) is 5.82 Å². The summed E-state index contributed by atoms with van der Waals surface area (Å²) in [6, 6.07) is 1.83. The van der Waals surface area contributed by atoms with Crippen molar-refractivity contribution in [2.75, 3.05) is 12.4 Å². The Kier molecular flexibility index (Phi) is 2.21. The Bertz CT molecular complexity index is 216. The number of rotatable bonds is 1. The van der Waals surface area contributed by atoms with Crippen molar-refractivity contribution in [3.63, 3.8) is 0 Å². The molecule has 0 saturated heterocycles. The van der Waals surface area contributed by atoms with E-state index in [-0.39, 0.29) is 0 Å². The lowest BCUT2D eigenvalue weighted by atomic mass is 10.5. The summed E-state index contributed by atoms with van der Waals surface area (Å²) in [6.45, 7) is 1.85. The number of hydrogen-bond acceptors (Lipinski definition) is 3. The average Bonchev–Trinajstić information content (AvgIpc) is 1.85. The number of hydrogen-bond donors (Lipinski definition) is 1. The Morgan fingerprint density at radius 3 is 2.70 bits per heavy atom. The van der Waals surface area contributed by atoms with Gasteiger partial charge in [-0.2, -0.15) is 0 Å². The molecule has 0 spiro atoms. The van der Waals surface area contributed by atoms with Gasteiger partial charge in [-0.1, -0.05) is 0 Å². The minimum atomic E-state index is 0.763. The Balaban J connectivity index is 3.06. The van der Waals surface area contributed by atoms with Crippen molar-refractivity contribution in [1.29, 1.82) is 0 Å². The van der Waals surface area contributed by atoms with Crippen LogP contribution in [-0.4, -0.2) is 17.0 Å². The Labute approximate surface area is 68.0 Å². The summed E-state index contributed by atoms with van der Waals surface area (Å²) in [4.78, 5) is 8.15. The third-order valence-corrected chi connectivity index (χ3v) is 1.47. The van der Waals surface area contributed by atoms with Gasteiger partial charge in [-0.15, -0.1) is 0 Å². The molecule has 0 aliphatic rings.